The molecule has 4 heteroatoms. The fourth-order valence-electron chi connectivity index (χ4n) is 7.39. The van der Waals surface area contributed by atoms with E-state index < -0.39 is 0 Å². The number of aromatic nitrogens is 2. The molecule has 0 amide bonds. The molecule has 0 unspecified atom stereocenters. The van der Waals surface area contributed by atoms with Crippen molar-refractivity contribution in [3.63, 3.8) is 0 Å². The highest BCUT2D eigenvalue weighted by atomic mass is 16.3. The smallest absolute Gasteiger partial charge is 0.160 e. The van der Waals surface area contributed by atoms with Crippen LogP contribution in [0.4, 0.5) is 17.1 Å². The maximum absolute atomic E-state index is 6.79. The van der Waals surface area contributed by atoms with Crippen molar-refractivity contribution in [1.82, 2.24) is 9.97 Å². The molecule has 4 nitrogen and oxygen atoms in total. The van der Waals surface area contributed by atoms with Gasteiger partial charge in [0.25, 0.3) is 0 Å². The van der Waals surface area contributed by atoms with E-state index in [-0.39, 0.29) is 0 Å². The first kappa shape index (κ1) is 31.4. The van der Waals surface area contributed by atoms with E-state index in [9.17, 15) is 0 Å². The van der Waals surface area contributed by atoms with Crippen molar-refractivity contribution in [3.8, 4) is 45.0 Å². The zero-order valence-corrected chi connectivity index (χ0v) is 29.3. The molecule has 0 aliphatic carbocycles. The normalized spacial score (nSPS) is 11.3. The molecule has 2 heterocycles. The van der Waals surface area contributed by atoms with Gasteiger partial charge in [0, 0.05) is 50.1 Å². The molecule has 0 radical (unpaired) electrons. The topological polar surface area (TPSA) is 42.2 Å². The Morgan fingerprint density at radius 3 is 1.44 bits per heavy atom. The standard InChI is InChI=1S/C50H33N3O/c1-5-15-35(16-6-1)46-33-47(36-17-7-2-8-18-36)52-50(51-46)39-30-43(49-45(31-39)44-29-37-19-13-14-20-38(37)32-48(44)54-49)34-25-27-42(28-26-34)53(40-21-9-3-10-22-40)41-23-11-4-12-24-41/h1-33H. The number of hydrogen-bond donors (Lipinski definition) is 0. The predicted molar refractivity (Wildman–Crippen MR) is 223 cm³/mol. The van der Waals surface area contributed by atoms with Crippen molar-refractivity contribution >= 4 is 49.8 Å². The number of rotatable bonds is 7. The molecule has 54 heavy (non-hydrogen) atoms. The van der Waals surface area contributed by atoms with Crippen molar-refractivity contribution in [3.05, 3.63) is 200 Å². The van der Waals surface area contributed by atoms with E-state index in [1.807, 2.05) is 48.5 Å². The number of benzene rings is 8. The van der Waals surface area contributed by atoms with Crippen LogP contribution in [0.5, 0.6) is 0 Å². The summed E-state index contributed by atoms with van der Waals surface area (Å²) < 4.78 is 6.79. The monoisotopic (exact) mass is 691 g/mol. The second kappa shape index (κ2) is 13.4. The van der Waals surface area contributed by atoms with Gasteiger partial charge in [0.2, 0.25) is 0 Å². The molecule has 0 spiro atoms. The number of fused-ring (bicyclic) bond motifs is 4. The maximum atomic E-state index is 6.79. The van der Waals surface area contributed by atoms with Crippen LogP contribution in [0.15, 0.2) is 205 Å². The number of furan rings is 1. The summed E-state index contributed by atoms with van der Waals surface area (Å²) in [4.78, 5) is 12.7. The summed E-state index contributed by atoms with van der Waals surface area (Å²) >= 11 is 0. The van der Waals surface area contributed by atoms with Crippen LogP contribution in [0, 0.1) is 0 Å². The molecule has 0 aliphatic heterocycles. The van der Waals surface area contributed by atoms with Crippen molar-refractivity contribution in [2.45, 2.75) is 0 Å². The average molecular weight is 692 g/mol. The van der Waals surface area contributed by atoms with Crippen molar-refractivity contribution < 1.29 is 4.42 Å². The Balaban J connectivity index is 1.19. The summed E-state index contributed by atoms with van der Waals surface area (Å²) in [5.74, 6) is 0.657. The Kier molecular flexibility index (Phi) is 7.77. The van der Waals surface area contributed by atoms with E-state index >= 15 is 0 Å². The van der Waals surface area contributed by atoms with Gasteiger partial charge in [0.15, 0.2) is 5.82 Å². The van der Waals surface area contributed by atoms with Crippen LogP contribution in [0.3, 0.4) is 0 Å². The predicted octanol–water partition coefficient (Wildman–Crippen LogP) is 13.7. The maximum Gasteiger partial charge on any atom is 0.160 e. The third-order valence-electron chi connectivity index (χ3n) is 10.0. The molecular formula is C50H33N3O. The van der Waals surface area contributed by atoms with Gasteiger partial charge in [-0.15, -0.1) is 0 Å². The molecule has 10 rings (SSSR count). The van der Waals surface area contributed by atoms with Crippen LogP contribution in [0.2, 0.25) is 0 Å². The van der Waals surface area contributed by atoms with Crippen molar-refractivity contribution in [2.24, 2.45) is 0 Å². The summed E-state index contributed by atoms with van der Waals surface area (Å²) in [6, 6.07) is 69.6. The summed E-state index contributed by atoms with van der Waals surface area (Å²) in [5, 5.41) is 4.39. The molecular weight excluding hydrogens is 659 g/mol. The van der Waals surface area contributed by atoms with Gasteiger partial charge in [-0.1, -0.05) is 133 Å². The fourth-order valence-corrected chi connectivity index (χ4v) is 7.39. The van der Waals surface area contributed by atoms with Gasteiger partial charge in [-0.05, 0) is 83.1 Å². The van der Waals surface area contributed by atoms with Crippen molar-refractivity contribution in [1.29, 1.82) is 0 Å². The van der Waals surface area contributed by atoms with Gasteiger partial charge >= 0.3 is 0 Å². The highest BCUT2D eigenvalue weighted by Crippen LogP contribution is 2.42. The first-order chi connectivity index (χ1) is 26.7. The van der Waals surface area contributed by atoms with Crippen molar-refractivity contribution in [2.75, 3.05) is 4.90 Å². The number of para-hydroxylation sites is 2. The van der Waals surface area contributed by atoms with E-state index in [1.165, 1.54) is 5.39 Å². The van der Waals surface area contributed by atoms with Crippen LogP contribution in [0.1, 0.15) is 0 Å². The molecule has 254 valence electrons. The minimum Gasteiger partial charge on any atom is -0.455 e. The second-order valence-corrected chi connectivity index (χ2v) is 13.4. The number of nitrogens with zero attached hydrogens (tertiary/aromatic N) is 3. The van der Waals surface area contributed by atoms with Crippen LogP contribution in [-0.2, 0) is 0 Å². The van der Waals surface area contributed by atoms with Crippen LogP contribution >= 0.6 is 0 Å². The first-order valence-corrected chi connectivity index (χ1v) is 18.2. The Hall–Kier alpha value is -7.30. The summed E-state index contributed by atoms with van der Waals surface area (Å²) in [5.41, 5.74) is 11.7. The van der Waals surface area contributed by atoms with E-state index in [4.69, 9.17) is 14.4 Å². The van der Waals surface area contributed by atoms with E-state index in [0.29, 0.717) is 5.82 Å². The quantitative estimate of drug-likeness (QED) is 0.167. The highest BCUT2D eigenvalue weighted by molar-refractivity contribution is 6.14. The Bertz CT molecular complexity index is 2810. The highest BCUT2D eigenvalue weighted by Gasteiger charge is 2.19. The first-order valence-electron chi connectivity index (χ1n) is 18.2. The number of anilines is 3. The molecule has 0 bridgehead atoms. The van der Waals surface area contributed by atoms with E-state index in [0.717, 1.165) is 83.6 Å². The van der Waals surface area contributed by atoms with Gasteiger partial charge in [0.05, 0.1) is 11.4 Å². The molecule has 10 aromatic rings. The summed E-state index contributed by atoms with van der Waals surface area (Å²) in [6.45, 7) is 0. The largest absolute Gasteiger partial charge is 0.455 e. The van der Waals surface area contributed by atoms with Gasteiger partial charge in [-0.3, -0.25) is 0 Å². The summed E-state index contributed by atoms with van der Waals surface area (Å²) in [7, 11) is 0. The Morgan fingerprint density at radius 1 is 0.370 bits per heavy atom. The van der Waals surface area contributed by atoms with Gasteiger partial charge in [0.1, 0.15) is 11.2 Å². The Labute approximate surface area is 313 Å². The molecule has 0 atom stereocenters. The molecule has 0 aliphatic rings. The molecule has 8 aromatic carbocycles. The molecule has 0 saturated heterocycles. The zero-order valence-electron chi connectivity index (χ0n) is 29.3. The van der Waals surface area contributed by atoms with Crippen LogP contribution in [-0.4, -0.2) is 9.97 Å². The third kappa shape index (κ3) is 5.76. The van der Waals surface area contributed by atoms with E-state index in [1.54, 1.807) is 0 Å². The Morgan fingerprint density at radius 2 is 0.870 bits per heavy atom. The average Bonchev–Trinajstić information content (AvgIpc) is 3.61. The molecule has 0 saturated carbocycles. The molecule has 0 fully saturated rings. The lowest BCUT2D eigenvalue weighted by Gasteiger charge is -2.25. The zero-order chi connectivity index (χ0) is 35.8. The lowest BCUT2D eigenvalue weighted by atomic mass is 9.97. The third-order valence-corrected chi connectivity index (χ3v) is 10.0. The SMILES string of the molecule is c1ccc(-c2cc(-c3ccccc3)nc(-c3cc(-c4ccc(N(c5ccccc5)c5ccccc5)cc4)c4oc5cc6ccccc6cc5c4c3)n2)cc1. The van der Waals surface area contributed by atoms with Crippen LogP contribution < -0.4 is 4.90 Å². The van der Waals surface area contributed by atoms with Gasteiger partial charge < -0.3 is 9.32 Å². The van der Waals surface area contributed by atoms with Gasteiger partial charge in [-0.25, -0.2) is 9.97 Å². The molecule has 0 N–H and O–H groups in total. The van der Waals surface area contributed by atoms with Crippen LogP contribution in [0.25, 0.3) is 77.7 Å². The lowest BCUT2D eigenvalue weighted by Crippen LogP contribution is -2.09. The number of hydrogen-bond acceptors (Lipinski definition) is 4. The summed E-state index contributed by atoms with van der Waals surface area (Å²) in [6.07, 6.45) is 0. The van der Waals surface area contributed by atoms with E-state index in [2.05, 4.69) is 157 Å². The fraction of sp³-hybridized carbons (Fsp3) is 0. The molecule has 2 aromatic heterocycles. The lowest BCUT2D eigenvalue weighted by molar-refractivity contribution is 0.670. The van der Waals surface area contributed by atoms with Gasteiger partial charge in [-0.2, -0.15) is 0 Å². The minimum atomic E-state index is 0.657. The minimum absolute atomic E-state index is 0.657. The second-order valence-electron chi connectivity index (χ2n) is 13.4.